The molecule has 0 N–H and O–H groups in total. The second-order valence-corrected chi connectivity index (χ2v) is 5.84. The molecule has 0 amide bonds. The van der Waals surface area contributed by atoms with Crippen LogP contribution in [0.4, 0.5) is 0 Å². The lowest BCUT2D eigenvalue weighted by Gasteiger charge is -1.97. The molecule has 0 saturated carbocycles. The zero-order valence-electron chi connectivity index (χ0n) is 11.6. The average Bonchev–Trinajstić information content (AvgIpc) is 3.13. The molecule has 6 heteroatoms. The lowest BCUT2D eigenvalue weighted by molar-refractivity contribution is 0.535. The van der Waals surface area contributed by atoms with Crippen LogP contribution in [-0.2, 0) is 0 Å². The van der Waals surface area contributed by atoms with Crippen LogP contribution in [0.1, 0.15) is 11.3 Å². The molecule has 0 aliphatic heterocycles. The molecule has 4 rings (SSSR count). The van der Waals surface area contributed by atoms with E-state index >= 15 is 0 Å². The fourth-order valence-electron chi connectivity index (χ4n) is 2.30. The Morgan fingerprint density at radius 3 is 2.81 bits per heavy atom. The average molecular weight is 296 g/mol. The maximum Gasteiger partial charge on any atom is 0.235 e. The Morgan fingerprint density at radius 2 is 2.05 bits per heavy atom. The smallest absolute Gasteiger partial charge is 0.235 e. The van der Waals surface area contributed by atoms with Gasteiger partial charge in [-0.1, -0.05) is 35.1 Å². The molecule has 21 heavy (non-hydrogen) atoms. The lowest BCUT2D eigenvalue weighted by atomic mass is 10.1. The SMILES string of the molecule is Cc1cccc(-c2nn3c(-c4ccoc4C)nnc3s2)c1. The first-order valence-electron chi connectivity index (χ1n) is 6.56. The van der Waals surface area contributed by atoms with Gasteiger partial charge in [0.15, 0.2) is 5.82 Å². The van der Waals surface area contributed by atoms with Crippen molar-refractivity contribution in [2.45, 2.75) is 13.8 Å². The first-order valence-corrected chi connectivity index (χ1v) is 7.38. The van der Waals surface area contributed by atoms with Crippen molar-refractivity contribution >= 4 is 16.3 Å². The second kappa shape index (κ2) is 4.53. The van der Waals surface area contributed by atoms with E-state index in [0.29, 0.717) is 5.82 Å². The maximum atomic E-state index is 5.34. The van der Waals surface area contributed by atoms with Crippen LogP contribution in [0.25, 0.3) is 26.9 Å². The predicted molar refractivity (Wildman–Crippen MR) is 81.3 cm³/mol. The van der Waals surface area contributed by atoms with E-state index in [1.165, 1.54) is 16.9 Å². The molecule has 104 valence electrons. The van der Waals surface area contributed by atoms with Crippen molar-refractivity contribution in [3.8, 4) is 22.0 Å². The van der Waals surface area contributed by atoms with Gasteiger partial charge in [-0.05, 0) is 26.0 Å². The molecule has 0 atom stereocenters. The third kappa shape index (κ3) is 1.95. The molecular weight excluding hydrogens is 284 g/mol. The highest BCUT2D eigenvalue weighted by molar-refractivity contribution is 7.19. The summed E-state index contributed by atoms with van der Waals surface area (Å²) in [4.78, 5) is 0.780. The topological polar surface area (TPSA) is 56.2 Å². The lowest BCUT2D eigenvalue weighted by Crippen LogP contribution is -1.91. The third-order valence-electron chi connectivity index (χ3n) is 3.36. The summed E-state index contributed by atoms with van der Waals surface area (Å²) in [5.74, 6) is 1.53. The summed E-state index contributed by atoms with van der Waals surface area (Å²) in [6.45, 7) is 3.98. The first kappa shape index (κ1) is 12.3. The van der Waals surface area contributed by atoms with Gasteiger partial charge in [0.1, 0.15) is 10.8 Å². The van der Waals surface area contributed by atoms with Gasteiger partial charge in [-0.25, -0.2) is 0 Å². The molecule has 0 spiro atoms. The molecular formula is C15H12N4OS. The van der Waals surface area contributed by atoms with Crippen molar-refractivity contribution in [1.82, 2.24) is 19.8 Å². The van der Waals surface area contributed by atoms with Crippen molar-refractivity contribution in [2.24, 2.45) is 0 Å². The van der Waals surface area contributed by atoms with E-state index in [1.54, 1.807) is 10.8 Å². The Kier molecular flexibility index (Phi) is 2.65. The van der Waals surface area contributed by atoms with Crippen LogP contribution in [0.15, 0.2) is 41.0 Å². The molecule has 4 aromatic rings. The zero-order chi connectivity index (χ0) is 14.4. The number of aryl methyl sites for hydroxylation is 2. The summed E-state index contributed by atoms with van der Waals surface area (Å²) >= 11 is 1.53. The van der Waals surface area contributed by atoms with Crippen LogP contribution in [0.5, 0.6) is 0 Å². The Hall–Kier alpha value is -2.47. The third-order valence-corrected chi connectivity index (χ3v) is 4.30. The summed E-state index contributed by atoms with van der Waals surface area (Å²) in [6, 6.07) is 10.2. The van der Waals surface area contributed by atoms with Crippen LogP contribution in [-0.4, -0.2) is 19.8 Å². The molecule has 0 aliphatic carbocycles. The highest BCUT2D eigenvalue weighted by atomic mass is 32.1. The van der Waals surface area contributed by atoms with Crippen molar-refractivity contribution in [1.29, 1.82) is 0 Å². The number of nitrogens with zero attached hydrogens (tertiary/aromatic N) is 4. The summed E-state index contributed by atoms with van der Waals surface area (Å²) in [5.41, 5.74) is 3.23. The van der Waals surface area contributed by atoms with Crippen LogP contribution in [0.3, 0.4) is 0 Å². The predicted octanol–water partition coefficient (Wildman–Crippen LogP) is 3.73. The molecule has 0 bridgehead atoms. The van der Waals surface area contributed by atoms with Gasteiger partial charge in [-0.2, -0.15) is 9.61 Å². The van der Waals surface area contributed by atoms with Crippen molar-refractivity contribution in [3.63, 3.8) is 0 Å². The minimum absolute atomic E-state index is 0.714. The van der Waals surface area contributed by atoms with Crippen LogP contribution in [0.2, 0.25) is 0 Å². The van der Waals surface area contributed by atoms with Gasteiger partial charge in [0, 0.05) is 5.56 Å². The minimum atomic E-state index is 0.714. The Morgan fingerprint density at radius 1 is 1.14 bits per heavy atom. The van der Waals surface area contributed by atoms with Gasteiger partial charge in [0.25, 0.3) is 0 Å². The highest BCUT2D eigenvalue weighted by Gasteiger charge is 2.17. The normalized spacial score (nSPS) is 11.3. The van der Waals surface area contributed by atoms with E-state index in [1.807, 2.05) is 19.1 Å². The van der Waals surface area contributed by atoms with E-state index in [4.69, 9.17) is 4.42 Å². The van der Waals surface area contributed by atoms with Gasteiger partial charge in [-0.3, -0.25) is 0 Å². The second-order valence-electron chi connectivity index (χ2n) is 4.89. The zero-order valence-corrected chi connectivity index (χ0v) is 12.4. The van der Waals surface area contributed by atoms with Gasteiger partial charge in [-0.15, -0.1) is 10.2 Å². The number of fused-ring (bicyclic) bond motifs is 1. The monoisotopic (exact) mass is 296 g/mol. The molecule has 0 radical (unpaired) electrons. The fraction of sp³-hybridized carbons (Fsp3) is 0.133. The molecule has 0 fully saturated rings. The summed E-state index contributed by atoms with van der Waals surface area (Å²) in [7, 11) is 0. The number of hydrogen-bond acceptors (Lipinski definition) is 5. The number of hydrogen-bond donors (Lipinski definition) is 0. The van der Waals surface area contributed by atoms with E-state index < -0.39 is 0 Å². The Labute approximate surface area is 124 Å². The van der Waals surface area contributed by atoms with Gasteiger partial charge < -0.3 is 4.42 Å². The first-order chi connectivity index (χ1) is 10.2. The molecule has 1 aromatic carbocycles. The van der Waals surface area contributed by atoms with Crippen molar-refractivity contribution < 1.29 is 4.42 Å². The largest absolute Gasteiger partial charge is 0.469 e. The van der Waals surface area contributed by atoms with Crippen LogP contribution >= 0.6 is 11.3 Å². The number of furan rings is 1. The summed E-state index contributed by atoms with van der Waals surface area (Å²) in [5, 5.41) is 14.0. The van der Waals surface area contributed by atoms with E-state index in [-0.39, 0.29) is 0 Å². The molecule has 3 heterocycles. The Bertz CT molecular complexity index is 934. The number of benzene rings is 1. The molecule has 0 saturated heterocycles. The van der Waals surface area contributed by atoms with E-state index in [0.717, 1.165) is 26.9 Å². The number of rotatable bonds is 2. The molecule has 5 nitrogen and oxygen atoms in total. The van der Waals surface area contributed by atoms with E-state index in [9.17, 15) is 0 Å². The quantitative estimate of drug-likeness (QED) is 0.565. The van der Waals surface area contributed by atoms with Crippen molar-refractivity contribution in [2.75, 3.05) is 0 Å². The summed E-state index contributed by atoms with van der Waals surface area (Å²) < 4.78 is 7.12. The van der Waals surface area contributed by atoms with Gasteiger partial charge in [0.2, 0.25) is 4.96 Å². The molecule has 3 aromatic heterocycles. The summed E-state index contributed by atoms with van der Waals surface area (Å²) in [6.07, 6.45) is 1.65. The van der Waals surface area contributed by atoms with Crippen LogP contribution in [0, 0.1) is 13.8 Å². The van der Waals surface area contributed by atoms with Gasteiger partial charge >= 0.3 is 0 Å². The fourth-order valence-corrected chi connectivity index (χ4v) is 3.13. The number of aromatic nitrogens is 4. The standard InChI is InChI=1S/C15H12N4OS/c1-9-4-3-5-11(8-9)14-18-19-13(16-17-15(19)21-14)12-6-7-20-10(12)2/h3-8H,1-2H3. The molecule has 0 aliphatic rings. The van der Waals surface area contributed by atoms with Crippen molar-refractivity contribution in [3.05, 3.63) is 47.9 Å². The Balaban J connectivity index is 1.88. The van der Waals surface area contributed by atoms with Crippen LogP contribution < -0.4 is 0 Å². The van der Waals surface area contributed by atoms with Gasteiger partial charge in [0.05, 0.1) is 11.8 Å². The molecule has 0 unspecified atom stereocenters. The minimum Gasteiger partial charge on any atom is -0.469 e. The maximum absolute atomic E-state index is 5.34. The highest BCUT2D eigenvalue weighted by Crippen LogP contribution is 2.29. The van der Waals surface area contributed by atoms with E-state index in [2.05, 4.69) is 40.4 Å².